The first-order valence-corrected chi connectivity index (χ1v) is 12.7. The maximum Gasteiger partial charge on any atom is 0.283 e. The number of thioether (sulfide) groups is 1. The van der Waals surface area contributed by atoms with Gasteiger partial charge in [-0.15, -0.1) is 0 Å². The molecule has 39 heavy (non-hydrogen) atoms. The molecule has 1 aliphatic rings. The first kappa shape index (κ1) is 25.7. The number of anilines is 3. The minimum atomic E-state index is -0.481. The molecule has 0 spiro atoms. The van der Waals surface area contributed by atoms with Crippen LogP contribution in [0.25, 0.3) is 0 Å². The van der Waals surface area contributed by atoms with E-state index < -0.39 is 23.5 Å². The van der Waals surface area contributed by atoms with Gasteiger partial charge < -0.3 is 15.4 Å². The molecule has 0 fully saturated rings. The van der Waals surface area contributed by atoms with E-state index in [0.717, 1.165) is 16.7 Å². The molecular weight excluding hydrogens is 517 g/mol. The van der Waals surface area contributed by atoms with Crippen molar-refractivity contribution < 1.29 is 23.5 Å². The predicted octanol–water partition coefficient (Wildman–Crippen LogP) is 6.08. The van der Waals surface area contributed by atoms with Crippen LogP contribution in [0.3, 0.4) is 0 Å². The quantitative estimate of drug-likeness (QED) is 0.264. The zero-order valence-electron chi connectivity index (χ0n) is 20.7. The van der Waals surface area contributed by atoms with Gasteiger partial charge >= 0.3 is 0 Å². The zero-order chi connectivity index (χ0) is 27.4. The van der Waals surface area contributed by atoms with E-state index in [4.69, 9.17) is 4.74 Å². The molecule has 1 aliphatic heterocycles. The second-order valence-electron chi connectivity index (χ2n) is 8.43. The lowest BCUT2D eigenvalue weighted by Crippen LogP contribution is -2.32. The molecule has 3 amide bonds. The Hall–Kier alpha value is -4.89. The fraction of sp³-hybridized carbons (Fsp3) is 0.0333. The molecule has 0 radical (unpaired) electrons. The van der Waals surface area contributed by atoms with E-state index in [0.29, 0.717) is 33.3 Å². The highest BCUT2D eigenvalue weighted by atomic mass is 32.2. The predicted molar refractivity (Wildman–Crippen MR) is 149 cm³/mol. The average molecular weight is 540 g/mol. The van der Waals surface area contributed by atoms with Crippen LogP contribution >= 0.6 is 11.8 Å². The lowest BCUT2D eigenvalue weighted by molar-refractivity contribution is -0.120. The van der Waals surface area contributed by atoms with Gasteiger partial charge in [0.15, 0.2) is 0 Å². The second-order valence-corrected chi connectivity index (χ2v) is 9.51. The van der Waals surface area contributed by atoms with Gasteiger partial charge in [0, 0.05) is 21.8 Å². The van der Waals surface area contributed by atoms with Crippen molar-refractivity contribution in [3.63, 3.8) is 0 Å². The number of rotatable bonds is 8. The number of hydrogen-bond donors (Lipinski definition) is 2. The molecule has 0 saturated carbocycles. The van der Waals surface area contributed by atoms with Crippen LogP contribution in [0.4, 0.5) is 21.5 Å². The van der Waals surface area contributed by atoms with Gasteiger partial charge in [-0.05, 0) is 78.9 Å². The van der Waals surface area contributed by atoms with Gasteiger partial charge in [0.1, 0.15) is 22.2 Å². The zero-order valence-corrected chi connectivity index (χ0v) is 21.5. The Morgan fingerprint density at radius 2 is 1.54 bits per heavy atom. The molecule has 0 aromatic heterocycles. The number of imide groups is 1. The van der Waals surface area contributed by atoms with Crippen LogP contribution < -0.4 is 20.3 Å². The maximum atomic E-state index is 13.6. The number of hydrogen-bond acceptors (Lipinski definition) is 6. The number of ether oxygens (including phenoxy) is 1. The molecule has 4 aromatic rings. The highest BCUT2D eigenvalue weighted by Crippen LogP contribution is 2.38. The minimum Gasteiger partial charge on any atom is -0.497 e. The summed E-state index contributed by atoms with van der Waals surface area (Å²) in [5, 5.41) is 5.89. The van der Waals surface area contributed by atoms with Crippen molar-refractivity contribution in [1.82, 2.24) is 0 Å². The Balaban J connectivity index is 1.44. The van der Waals surface area contributed by atoms with Crippen LogP contribution in [0.15, 0.2) is 119 Å². The van der Waals surface area contributed by atoms with E-state index in [-0.39, 0.29) is 10.6 Å². The van der Waals surface area contributed by atoms with Crippen molar-refractivity contribution in [2.75, 3.05) is 22.6 Å². The van der Waals surface area contributed by atoms with E-state index in [1.807, 2.05) is 0 Å². The van der Waals surface area contributed by atoms with Gasteiger partial charge in [-0.1, -0.05) is 36.0 Å². The van der Waals surface area contributed by atoms with Crippen molar-refractivity contribution in [3.05, 3.63) is 125 Å². The van der Waals surface area contributed by atoms with Gasteiger partial charge in [-0.25, -0.2) is 9.29 Å². The molecule has 1 heterocycles. The van der Waals surface area contributed by atoms with Crippen molar-refractivity contribution in [3.8, 4) is 5.75 Å². The summed E-state index contributed by atoms with van der Waals surface area (Å²) in [5.41, 5.74) is 1.99. The third-order valence-corrected chi connectivity index (χ3v) is 6.91. The number of carbonyl (C=O) groups is 3. The van der Waals surface area contributed by atoms with Crippen LogP contribution in [0.1, 0.15) is 10.4 Å². The molecule has 4 aromatic carbocycles. The molecule has 2 N–H and O–H groups in total. The molecule has 0 aliphatic carbocycles. The summed E-state index contributed by atoms with van der Waals surface area (Å²) in [6.07, 6.45) is 0. The number of amides is 3. The molecule has 0 bridgehead atoms. The summed E-state index contributed by atoms with van der Waals surface area (Å²) in [6.45, 7) is 0. The lowest BCUT2D eigenvalue weighted by atomic mass is 10.2. The third-order valence-electron chi connectivity index (χ3n) is 5.83. The number of nitrogens with zero attached hydrogens (tertiary/aromatic N) is 1. The number of benzene rings is 4. The monoisotopic (exact) mass is 539 g/mol. The molecule has 0 atom stereocenters. The molecule has 9 heteroatoms. The van der Waals surface area contributed by atoms with Crippen molar-refractivity contribution >= 4 is 46.5 Å². The Morgan fingerprint density at radius 1 is 0.821 bits per heavy atom. The smallest absolute Gasteiger partial charge is 0.283 e. The SMILES string of the molecule is COc1ccc(NC2=C(Sc3cccc(NC(=O)c4ccc(F)cc4)c3)C(=O)N(c3ccccc3)C2=O)cc1. The molecule has 0 unspecified atom stereocenters. The van der Waals surface area contributed by atoms with Gasteiger partial charge in [-0.3, -0.25) is 14.4 Å². The Kier molecular flexibility index (Phi) is 7.42. The summed E-state index contributed by atoms with van der Waals surface area (Å²) in [6, 6.07) is 27.8. The highest BCUT2D eigenvalue weighted by Gasteiger charge is 2.40. The summed E-state index contributed by atoms with van der Waals surface area (Å²) >= 11 is 1.12. The van der Waals surface area contributed by atoms with E-state index in [1.165, 1.54) is 24.3 Å². The molecule has 5 rings (SSSR count). The fourth-order valence-corrected chi connectivity index (χ4v) is 4.89. The topological polar surface area (TPSA) is 87.7 Å². The van der Waals surface area contributed by atoms with Crippen molar-refractivity contribution in [1.29, 1.82) is 0 Å². The number of methoxy groups -OCH3 is 1. The second kappa shape index (κ2) is 11.2. The molecule has 0 saturated heterocycles. The Labute approximate surface area is 228 Å². The first-order valence-electron chi connectivity index (χ1n) is 11.9. The van der Waals surface area contributed by atoms with Crippen LogP contribution in [0.2, 0.25) is 0 Å². The summed E-state index contributed by atoms with van der Waals surface area (Å²) in [4.78, 5) is 41.6. The summed E-state index contributed by atoms with van der Waals surface area (Å²) in [5.74, 6) is -1.13. The molecular formula is C30H22FN3O4S. The number of halogens is 1. The van der Waals surface area contributed by atoms with Gasteiger partial charge in [0.05, 0.1) is 12.8 Å². The Bertz CT molecular complexity index is 1570. The normalized spacial score (nSPS) is 13.0. The van der Waals surface area contributed by atoms with Crippen molar-refractivity contribution in [2.45, 2.75) is 4.90 Å². The van der Waals surface area contributed by atoms with E-state index >= 15 is 0 Å². The maximum absolute atomic E-state index is 13.6. The van der Waals surface area contributed by atoms with Crippen LogP contribution in [-0.4, -0.2) is 24.8 Å². The van der Waals surface area contributed by atoms with Gasteiger partial charge in [0.25, 0.3) is 17.7 Å². The third kappa shape index (κ3) is 5.68. The standard InChI is InChI=1S/C30H22FN3O4S/c1-38-24-16-14-21(15-17-24)32-26-27(30(37)34(29(26)36)23-7-3-2-4-8-23)39-25-9-5-6-22(18-25)33-28(35)19-10-12-20(31)13-11-19/h2-18,32H,1H3,(H,33,35). The summed E-state index contributed by atoms with van der Waals surface area (Å²) in [7, 11) is 1.56. The van der Waals surface area contributed by atoms with Gasteiger partial charge in [0.2, 0.25) is 0 Å². The average Bonchev–Trinajstić information content (AvgIpc) is 3.18. The largest absolute Gasteiger partial charge is 0.497 e. The molecule has 194 valence electrons. The van der Waals surface area contributed by atoms with E-state index in [1.54, 1.807) is 86.0 Å². The summed E-state index contributed by atoms with van der Waals surface area (Å²) < 4.78 is 18.4. The van der Waals surface area contributed by atoms with Crippen LogP contribution in [0.5, 0.6) is 5.75 Å². The Morgan fingerprint density at radius 3 is 2.23 bits per heavy atom. The van der Waals surface area contributed by atoms with Gasteiger partial charge in [-0.2, -0.15) is 0 Å². The van der Waals surface area contributed by atoms with E-state index in [2.05, 4.69) is 10.6 Å². The number of carbonyl (C=O) groups excluding carboxylic acids is 3. The van der Waals surface area contributed by atoms with Crippen LogP contribution in [-0.2, 0) is 9.59 Å². The number of nitrogens with one attached hydrogen (secondary N) is 2. The number of para-hydroxylation sites is 1. The minimum absolute atomic E-state index is 0.139. The van der Waals surface area contributed by atoms with Crippen LogP contribution in [0, 0.1) is 5.82 Å². The highest BCUT2D eigenvalue weighted by molar-refractivity contribution is 8.04. The van der Waals surface area contributed by atoms with E-state index in [9.17, 15) is 18.8 Å². The van der Waals surface area contributed by atoms with Crippen molar-refractivity contribution in [2.24, 2.45) is 0 Å². The first-order chi connectivity index (χ1) is 18.9. The lowest BCUT2D eigenvalue weighted by Gasteiger charge is -2.15. The fourth-order valence-electron chi connectivity index (χ4n) is 3.90. The molecule has 7 nitrogen and oxygen atoms in total.